The molecule has 1 heterocycles. The largest absolute Gasteiger partial charge is 0.508 e. The highest BCUT2D eigenvalue weighted by molar-refractivity contribution is 14.1. The smallest absolute Gasteiger partial charge is 0.118 e. The van der Waals surface area contributed by atoms with Gasteiger partial charge >= 0.3 is 0 Å². The number of benzene rings is 1. The SMILES string of the molecule is Oc1cc(Cl)c2cc(I)sc2c1. The van der Waals surface area contributed by atoms with Gasteiger partial charge in [-0.2, -0.15) is 0 Å². The van der Waals surface area contributed by atoms with Gasteiger partial charge in [-0.25, -0.2) is 0 Å². The van der Waals surface area contributed by atoms with Crippen molar-refractivity contribution in [2.45, 2.75) is 0 Å². The maximum absolute atomic E-state index is 9.24. The minimum absolute atomic E-state index is 0.228. The Labute approximate surface area is 92.1 Å². The summed E-state index contributed by atoms with van der Waals surface area (Å²) in [5.74, 6) is 0.228. The normalized spacial score (nSPS) is 10.8. The van der Waals surface area contributed by atoms with Gasteiger partial charge in [-0.3, -0.25) is 0 Å². The molecule has 0 amide bonds. The van der Waals surface area contributed by atoms with Gasteiger partial charge in [0.25, 0.3) is 0 Å². The number of phenolic OH excluding ortho intramolecular Hbond substituents is 1. The van der Waals surface area contributed by atoms with Crippen LogP contribution in [0.1, 0.15) is 0 Å². The van der Waals surface area contributed by atoms with E-state index in [2.05, 4.69) is 22.6 Å². The van der Waals surface area contributed by atoms with Gasteiger partial charge < -0.3 is 5.11 Å². The average molecular weight is 311 g/mol. The van der Waals surface area contributed by atoms with Gasteiger partial charge in [0.05, 0.1) is 7.91 Å². The van der Waals surface area contributed by atoms with Crippen LogP contribution in [0, 0.1) is 2.88 Å². The van der Waals surface area contributed by atoms with Crippen molar-refractivity contribution in [2.24, 2.45) is 0 Å². The second-order valence-corrected chi connectivity index (χ2v) is 5.78. The van der Waals surface area contributed by atoms with E-state index in [-0.39, 0.29) is 5.75 Å². The van der Waals surface area contributed by atoms with Crippen LogP contribution in [0.25, 0.3) is 10.1 Å². The number of aromatic hydroxyl groups is 1. The molecule has 0 aliphatic carbocycles. The zero-order chi connectivity index (χ0) is 8.72. The first-order valence-corrected chi connectivity index (χ1v) is 5.52. The topological polar surface area (TPSA) is 20.2 Å². The van der Waals surface area contributed by atoms with Crippen LogP contribution in [0.2, 0.25) is 5.02 Å². The average Bonchev–Trinajstić information content (AvgIpc) is 2.29. The summed E-state index contributed by atoms with van der Waals surface area (Å²) < 4.78 is 2.21. The lowest BCUT2D eigenvalue weighted by Gasteiger charge is -1.94. The Kier molecular flexibility index (Phi) is 2.18. The van der Waals surface area contributed by atoms with E-state index in [1.165, 1.54) is 2.88 Å². The van der Waals surface area contributed by atoms with E-state index in [1.54, 1.807) is 23.5 Å². The fraction of sp³-hybridized carbons (Fsp3) is 0. The van der Waals surface area contributed by atoms with Crippen LogP contribution in [0.15, 0.2) is 18.2 Å². The number of phenols is 1. The summed E-state index contributed by atoms with van der Waals surface area (Å²) in [6.45, 7) is 0. The van der Waals surface area contributed by atoms with Crippen LogP contribution in [0.3, 0.4) is 0 Å². The quantitative estimate of drug-likeness (QED) is 0.733. The summed E-state index contributed by atoms with van der Waals surface area (Å²) in [5, 5.41) is 10.9. The van der Waals surface area contributed by atoms with Gasteiger partial charge in [-0.15, -0.1) is 11.3 Å². The minimum Gasteiger partial charge on any atom is -0.508 e. The molecule has 0 radical (unpaired) electrons. The maximum atomic E-state index is 9.24. The number of fused-ring (bicyclic) bond motifs is 1. The summed E-state index contributed by atoms with van der Waals surface area (Å²) in [5.41, 5.74) is 0. The standard InChI is InChI=1S/C8H4ClIOS/c9-6-1-4(11)2-7-5(6)3-8(10)12-7/h1-3,11H. The van der Waals surface area contributed by atoms with Gasteiger partial charge in [-0.05, 0) is 40.8 Å². The molecule has 1 aromatic carbocycles. The Morgan fingerprint density at radius 1 is 1.33 bits per heavy atom. The van der Waals surface area contributed by atoms with Crippen LogP contribution >= 0.6 is 45.5 Å². The van der Waals surface area contributed by atoms with Crippen molar-refractivity contribution in [2.75, 3.05) is 0 Å². The van der Waals surface area contributed by atoms with Gasteiger partial charge in [0, 0.05) is 10.1 Å². The summed E-state index contributed by atoms with van der Waals surface area (Å²) in [6, 6.07) is 5.31. The number of rotatable bonds is 0. The third-order valence-corrected chi connectivity index (χ3v) is 3.70. The number of hydrogen-bond acceptors (Lipinski definition) is 2. The van der Waals surface area contributed by atoms with E-state index in [9.17, 15) is 5.11 Å². The van der Waals surface area contributed by atoms with Crippen molar-refractivity contribution in [1.29, 1.82) is 0 Å². The van der Waals surface area contributed by atoms with E-state index < -0.39 is 0 Å². The lowest BCUT2D eigenvalue weighted by Crippen LogP contribution is -1.66. The second kappa shape index (κ2) is 3.05. The van der Waals surface area contributed by atoms with E-state index in [4.69, 9.17) is 11.6 Å². The minimum atomic E-state index is 0.228. The molecule has 1 aromatic heterocycles. The van der Waals surface area contributed by atoms with Crippen molar-refractivity contribution in [1.82, 2.24) is 0 Å². The van der Waals surface area contributed by atoms with Crippen molar-refractivity contribution < 1.29 is 5.11 Å². The Morgan fingerprint density at radius 3 is 2.83 bits per heavy atom. The second-order valence-electron chi connectivity index (χ2n) is 2.39. The highest BCUT2D eigenvalue weighted by Gasteiger charge is 2.04. The molecule has 0 aliphatic heterocycles. The van der Waals surface area contributed by atoms with Crippen LogP contribution in [0.5, 0.6) is 5.75 Å². The van der Waals surface area contributed by atoms with Gasteiger partial charge in [0.1, 0.15) is 5.75 Å². The van der Waals surface area contributed by atoms with Gasteiger partial charge in [0.15, 0.2) is 0 Å². The van der Waals surface area contributed by atoms with Crippen LogP contribution < -0.4 is 0 Å². The predicted octanol–water partition coefficient (Wildman–Crippen LogP) is 3.86. The number of hydrogen-bond donors (Lipinski definition) is 1. The molecule has 62 valence electrons. The zero-order valence-electron chi connectivity index (χ0n) is 5.84. The van der Waals surface area contributed by atoms with Crippen molar-refractivity contribution in [3.8, 4) is 5.75 Å². The van der Waals surface area contributed by atoms with E-state index in [0.717, 1.165) is 10.1 Å². The van der Waals surface area contributed by atoms with Gasteiger partial charge in [0.2, 0.25) is 0 Å². The third-order valence-electron chi connectivity index (χ3n) is 1.54. The molecule has 12 heavy (non-hydrogen) atoms. The molecule has 1 N–H and O–H groups in total. The molecule has 0 saturated carbocycles. The van der Waals surface area contributed by atoms with Crippen LogP contribution in [-0.4, -0.2) is 5.11 Å². The third kappa shape index (κ3) is 1.41. The van der Waals surface area contributed by atoms with Crippen molar-refractivity contribution >= 4 is 55.6 Å². The van der Waals surface area contributed by atoms with E-state index in [0.29, 0.717) is 5.02 Å². The zero-order valence-corrected chi connectivity index (χ0v) is 9.57. The number of halogens is 2. The first-order chi connectivity index (χ1) is 5.66. The summed E-state index contributed by atoms with van der Waals surface area (Å²) in [7, 11) is 0. The summed E-state index contributed by atoms with van der Waals surface area (Å²) in [4.78, 5) is 0. The molecule has 0 aliphatic rings. The fourth-order valence-electron chi connectivity index (χ4n) is 1.05. The lowest BCUT2D eigenvalue weighted by atomic mass is 10.2. The Bertz CT molecular complexity index is 438. The molecule has 4 heteroatoms. The molecule has 2 aromatic rings. The predicted molar refractivity (Wildman–Crippen MR) is 61.2 cm³/mol. The molecule has 0 unspecified atom stereocenters. The monoisotopic (exact) mass is 310 g/mol. The lowest BCUT2D eigenvalue weighted by molar-refractivity contribution is 0.476. The molecule has 0 atom stereocenters. The highest BCUT2D eigenvalue weighted by Crippen LogP contribution is 2.34. The fourth-order valence-corrected chi connectivity index (χ4v) is 3.24. The van der Waals surface area contributed by atoms with Crippen molar-refractivity contribution in [3.63, 3.8) is 0 Å². The first-order valence-electron chi connectivity index (χ1n) is 3.24. The Balaban J connectivity index is 2.88. The Morgan fingerprint density at radius 2 is 2.08 bits per heavy atom. The summed E-state index contributed by atoms with van der Waals surface area (Å²) in [6.07, 6.45) is 0. The molecule has 0 bridgehead atoms. The van der Waals surface area contributed by atoms with E-state index >= 15 is 0 Å². The van der Waals surface area contributed by atoms with Gasteiger partial charge in [-0.1, -0.05) is 11.6 Å². The molecule has 1 nitrogen and oxygen atoms in total. The molecule has 0 saturated heterocycles. The van der Waals surface area contributed by atoms with Crippen LogP contribution in [0.4, 0.5) is 0 Å². The molecule has 0 fully saturated rings. The first kappa shape index (κ1) is 8.59. The maximum Gasteiger partial charge on any atom is 0.118 e. The Hall–Kier alpha value is -0.000000000000000111. The molecule has 0 spiro atoms. The molecule has 2 rings (SSSR count). The highest BCUT2D eigenvalue weighted by atomic mass is 127. The number of thiophene rings is 1. The molecular weight excluding hydrogens is 307 g/mol. The summed E-state index contributed by atoms with van der Waals surface area (Å²) >= 11 is 9.78. The van der Waals surface area contributed by atoms with Crippen LogP contribution in [-0.2, 0) is 0 Å². The van der Waals surface area contributed by atoms with Crippen molar-refractivity contribution in [3.05, 3.63) is 26.1 Å². The van der Waals surface area contributed by atoms with E-state index in [1.807, 2.05) is 6.07 Å². The molecular formula is C8H4ClIOS.